The Morgan fingerprint density at radius 2 is 2.16 bits per heavy atom. The Labute approximate surface area is 146 Å². The highest BCUT2D eigenvalue weighted by molar-refractivity contribution is 6.28. The summed E-state index contributed by atoms with van der Waals surface area (Å²) in [5, 5.41) is 2.96. The van der Waals surface area contributed by atoms with Crippen LogP contribution < -0.4 is 10.9 Å². The third-order valence-electron chi connectivity index (χ3n) is 3.59. The van der Waals surface area contributed by atoms with Crippen molar-refractivity contribution in [2.75, 3.05) is 5.32 Å². The lowest BCUT2D eigenvalue weighted by Gasteiger charge is -2.13. The SMILES string of the molecule is C=CC(=O)Nc1cc(-n2c(=O)cc(C)c3cnc(Cl)nc32)ccc1F. The summed E-state index contributed by atoms with van der Waals surface area (Å²) in [6.07, 6.45) is 2.53. The molecule has 0 aliphatic heterocycles. The molecule has 8 heteroatoms. The molecule has 1 aromatic carbocycles. The molecule has 0 spiro atoms. The summed E-state index contributed by atoms with van der Waals surface area (Å²) in [6.45, 7) is 5.08. The molecule has 1 N–H and O–H groups in total. The number of fused-ring (bicyclic) bond motifs is 1. The second-order valence-electron chi connectivity index (χ2n) is 5.23. The minimum absolute atomic E-state index is 0.0199. The highest BCUT2D eigenvalue weighted by Gasteiger charge is 2.13. The van der Waals surface area contributed by atoms with E-state index in [2.05, 4.69) is 21.9 Å². The molecule has 25 heavy (non-hydrogen) atoms. The summed E-state index contributed by atoms with van der Waals surface area (Å²) in [4.78, 5) is 32.0. The van der Waals surface area contributed by atoms with Crippen LogP contribution in [0.2, 0.25) is 5.28 Å². The van der Waals surface area contributed by atoms with Crippen molar-refractivity contribution in [2.45, 2.75) is 6.92 Å². The molecule has 0 aliphatic rings. The molecule has 0 fully saturated rings. The molecule has 0 radical (unpaired) electrons. The molecule has 0 atom stereocenters. The predicted molar refractivity (Wildman–Crippen MR) is 93.7 cm³/mol. The quantitative estimate of drug-likeness (QED) is 0.576. The highest BCUT2D eigenvalue weighted by atomic mass is 35.5. The van der Waals surface area contributed by atoms with Crippen LogP contribution >= 0.6 is 11.6 Å². The lowest BCUT2D eigenvalue weighted by molar-refractivity contribution is -0.111. The maximum absolute atomic E-state index is 13.9. The number of nitrogens with one attached hydrogen (secondary N) is 1. The first-order valence-corrected chi connectivity index (χ1v) is 7.56. The second-order valence-corrected chi connectivity index (χ2v) is 5.57. The minimum atomic E-state index is -0.643. The van der Waals surface area contributed by atoms with Gasteiger partial charge in [-0.05, 0) is 48.4 Å². The average Bonchev–Trinajstić information content (AvgIpc) is 2.57. The molecule has 0 aliphatic carbocycles. The Morgan fingerprint density at radius 3 is 2.88 bits per heavy atom. The van der Waals surface area contributed by atoms with Crippen molar-refractivity contribution in [1.29, 1.82) is 0 Å². The number of hydrogen-bond donors (Lipinski definition) is 1. The largest absolute Gasteiger partial charge is 0.320 e. The van der Waals surface area contributed by atoms with E-state index in [1.165, 1.54) is 29.0 Å². The normalized spacial score (nSPS) is 10.7. The number of anilines is 1. The molecule has 0 bridgehead atoms. The topological polar surface area (TPSA) is 76.9 Å². The van der Waals surface area contributed by atoms with E-state index in [0.29, 0.717) is 16.6 Å². The third-order valence-corrected chi connectivity index (χ3v) is 3.77. The first-order valence-electron chi connectivity index (χ1n) is 7.19. The fraction of sp³-hybridized carbons (Fsp3) is 0.0588. The smallest absolute Gasteiger partial charge is 0.257 e. The molecule has 126 valence electrons. The van der Waals surface area contributed by atoms with E-state index in [-0.39, 0.29) is 22.2 Å². The average molecular weight is 359 g/mol. The number of aryl methyl sites for hydroxylation is 1. The highest BCUT2D eigenvalue weighted by Crippen LogP contribution is 2.22. The van der Waals surface area contributed by atoms with Crippen LogP contribution in [0.5, 0.6) is 0 Å². The zero-order valence-corrected chi connectivity index (χ0v) is 13.8. The summed E-state index contributed by atoms with van der Waals surface area (Å²) < 4.78 is 15.2. The number of benzene rings is 1. The molecular weight excluding hydrogens is 347 g/mol. The van der Waals surface area contributed by atoms with Gasteiger partial charge in [-0.15, -0.1) is 0 Å². The van der Waals surface area contributed by atoms with Crippen molar-refractivity contribution in [3.63, 3.8) is 0 Å². The van der Waals surface area contributed by atoms with Gasteiger partial charge in [-0.1, -0.05) is 6.58 Å². The van der Waals surface area contributed by atoms with Crippen molar-refractivity contribution >= 4 is 34.2 Å². The van der Waals surface area contributed by atoms with Crippen molar-refractivity contribution in [3.8, 4) is 5.69 Å². The molecule has 0 saturated heterocycles. The van der Waals surface area contributed by atoms with Crippen molar-refractivity contribution < 1.29 is 9.18 Å². The van der Waals surface area contributed by atoms with E-state index in [0.717, 1.165) is 12.1 Å². The zero-order valence-electron chi connectivity index (χ0n) is 13.1. The second kappa shape index (κ2) is 6.45. The van der Waals surface area contributed by atoms with Crippen LogP contribution in [0, 0.1) is 12.7 Å². The fourth-order valence-corrected chi connectivity index (χ4v) is 2.54. The van der Waals surface area contributed by atoms with Gasteiger partial charge in [0.2, 0.25) is 11.2 Å². The van der Waals surface area contributed by atoms with Gasteiger partial charge in [0.05, 0.1) is 11.4 Å². The number of halogens is 2. The van der Waals surface area contributed by atoms with E-state index in [1.807, 2.05) is 0 Å². The molecule has 1 amide bonds. The van der Waals surface area contributed by atoms with Crippen LogP contribution in [0.25, 0.3) is 16.7 Å². The van der Waals surface area contributed by atoms with Crippen LogP contribution in [-0.4, -0.2) is 20.4 Å². The van der Waals surface area contributed by atoms with Gasteiger partial charge in [0.15, 0.2) is 5.65 Å². The van der Waals surface area contributed by atoms with Crippen LogP contribution in [0.4, 0.5) is 10.1 Å². The zero-order chi connectivity index (χ0) is 18.1. The molecule has 6 nitrogen and oxygen atoms in total. The van der Waals surface area contributed by atoms with Gasteiger partial charge in [-0.3, -0.25) is 14.2 Å². The van der Waals surface area contributed by atoms with Crippen molar-refractivity contribution in [1.82, 2.24) is 14.5 Å². The standard InChI is InChI=1S/C17H12ClFN4O2/c1-3-14(24)21-13-7-10(4-5-12(13)19)23-15(25)6-9(2)11-8-20-17(18)22-16(11)23/h3-8H,1H2,2H3,(H,21,24). The number of nitrogens with zero attached hydrogens (tertiary/aromatic N) is 3. The molecular formula is C17H12ClFN4O2. The lowest BCUT2D eigenvalue weighted by Crippen LogP contribution is -2.20. The molecule has 3 aromatic rings. The van der Waals surface area contributed by atoms with Gasteiger partial charge in [0.25, 0.3) is 5.56 Å². The van der Waals surface area contributed by atoms with Gasteiger partial charge in [0.1, 0.15) is 5.82 Å². The Balaban J connectivity index is 2.28. The van der Waals surface area contributed by atoms with Gasteiger partial charge in [-0.2, -0.15) is 4.98 Å². The number of aromatic nitrogens is 3. The van der Waals surface area contributed by atoms with Crippen LogP contribution in [0.1, 0.15) is 5.56 Å². The number of hydrogen-bond acceptors (Lipinski definition) is 4. The summed E-state index contributed by atoms with van der Waals surface area (Å²) in [5.41, 5.74) is 0.855. The van der Waals surface area contributed by atoms with Gasteiger partial charge < -0.3 is 5.32 Å². The first kappa shape index (κ1) is 16.8. The van der Waals surface area contributed by atoms with Crippen LogP contribution in [-0.2, 0) is 4.79 Å². The summed E-state index contributed by atoms with van der Waals surface area (Å²) in [5.74, 6) is -1.21. The van der Waals surface area contributed by atoms with E-state index < -0.39 is 11.7 Å². The third kappa shape index (κ3) is 3.14. The Kier molecular flexibility index (Phi) is 4.33. The van der Waals surface area contributed by atoms with Crippen LogP contribution in [0.3, 0.4) is 0 Å². The monoisotopic (exact) mass is 358 g/mol. The fourth-order valence-electron chi connectivity index (χ4n) is 2.41. The van der Waals surface area contributed by atoms with Gasteiger partial charge >= 0.3 is 0 Å². The molecule has 0 unspecified atom stereocenters. The number of amides is 1. The summed E-state index contributed by atoms with van der Waals surface area (Å²) in [6, 6.07) is 5.31. The van der Waals surface area contributed by atoms with Crippen LogP contribution in [0.15, 0.2) is 47.9 Å². The van der Waals surface area contributed by atoms with Crippen molar-refractivity contribution in [3.05, 3.63) is 70.1 Å². The molecule has 2 aromatic heterocycles. The van der Waals surface area contributed by atoms with E-state index >= 15 is 0 Å². The van der Waals surface area contributed by atoms with E-state index in [1.54, 1.807) is 6.92 Å². The molecule has 0 saturated carbocycles. The lowest BCUT2D eigenvalue weighted by atomic mass is 10.2. The maximum atomic E-state index is 13.9. The Morgan fingerprint density at radius 1 is 1.40 bits per heavy atom. The summed E-state index contributed by atoms with van der Waals surface area (Å²) >= 11 is 5.86. The number of pyridine rings is 1. The van der Waals surface area contributed by atoms with E-state index in [9.17, 15) is 14.0 Å². The number of rotatable bonds is 3. The Hall–Kier alpha value is -3.06. The first-order chi connectivity index (χ1) is 11.9. The van der Waals surface area contributed by atoms with Gasteiger partial charge in [0, 0.05) is 17.6 Å². The van der Waals surface area contributed by atoms with Gasteiger partial charge in [-0.25, -0.2) is 9.37 Å². The van der Waals surface area contributed by atoms with E-state index in [4.69, 9.17) is 11.6 Å². The van der Waals surface area contributed by atoms with Crippen molar-refractivity contribution in [2.24, 2.45) is 0 Å². The number of carbonyl (C=O) groups is 1. The Bertz CT molecular complexity index is 1080. The number of carbonyl (C=O) groups excluding carboxylic acids is 1. The molecule has 3 rings (SSSR count). The minimum Gasteiger partial charge on any atom is -0.320 e. The maximum Gasteiger partial charge on any atom is 0.257 e. The summed E-state index contributed by atoms with van der Waals surface area (Å²) in [7, 11) is 0. The molecule has 2 heterocycles. The predicted octanol–water partition coefficient (Wildman–Crippen LogP) is 3.01.